The van der Waals surface area contributed by atoms with Gasteiger partial charge in [0.25, 0.3) is 0 Å². The van der Waals surface area contributed by atoms with Gasteiger partial charge in [0.2, 0.25) is 29.5 Å². The molecule has 2 rings (SSSR count). The number of carbonyl (C=O) groups excluding carboxylic acids is 5. The highest BCUT2D eigenvalue weighted by Gasteiger charge is 2.32. The van der Waals surface area contributed by atoms with Crippen LogP contribution in [-0.4, -0.2) is 93.9 Å². The molecule has 15 heteroatoms. The fourth-order valence-electron chi connectivity index (χ4n) is 4.42. The van der Waals surface area contributed by atoms with Crippen molar-refractivity contribution in [3.05, 3.63) is 18.2 Å². The van der Waals surface area contributed by atoms with Gasteiger partial charge in [0, 0.05) is 18.3 Å². The number of carboxylic acid groups (broad SMARTS) is 1. The number of carboxylic acids is 1. The molecule has 5 unspecified atom stereocenters. The van der Waals surface area contributed by atoms with Gasteiger partial charge in [0.1, 0.15) is 24.2 Å². The number of nitrogens with one attached hydrogen (secondary N) is 7. The minimum Gasteiger partial charge on any atom is -0.480 e. The Kier molecular flexibility index (Phi) is 13.4. The zero-order chi connectivity index (χ0) is 31.4. The fraction of sp³-hybridized carbons (Fsp3) is 0.667. The summed E-state index contributed by atoms with van der Waals surface area (Å²) < 4.78 is 0. The maximum absolute atomic E-state index is 13.3. The molecule has 0 spiro atoms. The van der Waals surface area contributed by atoms with Crippen molar-refractivity contribution in [2.45, 2.75) is 90.5 Å². The van der Waals surface area contributed by atoms with Crippen molar-refractivity contribution in [3.63, 3.8) is 0 Å². The third-order valence-electron chi connectivity index (χ3n) is 6.75. The van der Waals surface area contributed by atoms with Crippen LogP contribution in [-0.2, 0) is 35.2 Å². The fourth-order valence-corrected chi connectivity index (χ4v) is 4.42. The molecule has 0 aromatic carbocycles. The van der Waals surface area contributed by atoms with Crippen LogP contribution in [0.4, 0.5) is 0 Å². The summed E-state index contributed by atoms with van der Waals surface area (Å²) >= 11 is 0. The summed E-state index contributed by atoms with van der Waals surface area (Å²) in [7, 11) is 0. The Morgan fingerprint density at radius 1 is 0.952 bits per heavy atom. The van der Waals surface area contributed by atoms with E-state index in [4.69, 9.17) is 0 Å². The Morgan fingerprint density at radius 2 is 1.67 bits per heavy atom. The summed E-state index contributed by atoms with van der Waals surface area (Å²) in [5.74, 6) is -4.38. The largest absolute Gasteiger partial charge is 0.480 e. The highest BCUT2D eigenvalue weighted by atomic mass is 16.4. The van der Waals surface area contributed by atoms with Crippen LogP contribution in [0, 0.1) is 11.8 Å². The lowest BCUT2D eigenvalue weighted by molar-refractivity contribution is -0.142. The number of nitrogens with zero attached hydrogens (tertiary/aromatic N) is 1. The molecule has 1 aliphatic heterocycles. The molecule has 1 aromatic rings. The molecule has 1 aromatic heterocycles. The predicted molar refractivity (Wildman–Crippen MR) is 152 cm³/mol. The molecule has 1 aliphatic rings. The number of amides is 5. The molecule has 2 heterocycles. The van der Waals surface area contributed by atoms with Gasteiger partial charge >= 0.3 is 5.97 Å². The van der Waals surface area contributed by atoms with Gasteiger partial charge in [-0.15, -0.1) is 0 Å². The number of H-pyrrole nitrogens is 1. The van der Waals surface area contributed by atoms with Crippen molar-refractivity contribution in [2.75, 3.05) is 13.1 Å². The smallest absolute Gasteiger partial charge is 0.326 e. The van der Waals surface area contributed by atoms with Crippen molar-refractivity contribution >= 4 is 35.5 Å². The first kappa shape index (κ1) is 34.2. The van der Waals surface area contributed by atoms with Crippen LogP contribution in [0.2, 0.25) is 0 Å². The van der Waals surface area contributed by atoms with Crippen LogP contribution >= 0.6 is 0 Å². The zero-order valence-corrected chi connectivity index (χ0v) is 24.8. The van der Waals surface area contributed by atoms with E-state index in [9.17, 15) is 33.9 Å². The molecule has 5 atom stereocenters. The first-order valence-corrected chi connectivity index (χ1v) is 14.2. The van der Waals surface area contributed by atoms with E-state index in [0.717, 1.165) is 6.42 Å². The second-order valence-electron chi connectivity index (χ2n) is 11.3. The Bertz CT molecular complexity index is 1090. The first-order valence-electron chi connectivity index (χ1n) is 14.2. The molecule has 5 amide bonds. The van der Waals surface area contributed by atoms with Gasteiger partial charge in [-0.2, -0.15) is 0 Å². The number of hydrogen-bond donors (Lipinski definition) is 8. The van der Waals surface area contributed by atoms with Gasteiger partial charge in [-0.1, -0.05) is 27.7 Å². The van der Waals surface area contributed by atoms with Crippen LogP contribution in [0.25, 0.3) is 0 Å². The minimum atomic E-state index is -1.17. The number of carbonyl (C=O) groups is 6. The molecule has 0 aliphatic carbocycles. The summed E-state index contributed by atoms with van der Waals surface area (Å²) in [6.45, 7) is 8.74. The Labute approximate surface area is 245 Å². The summed E-state index contributed by atoms with van der Waals surface area (Å²) in [6, 6.07) is -4.58. The normalized spacial score (nSPS) is 17.5. The number of aromatic amines is 1. The number of hydrogen-bond acceptors (Lipinski definition) is 8. The third kappa shape index (κ3) is 11.1. The lowest BCUT2D eigenvalue weighted by Crippen LogP contribution is -2.59. The average molecular weight is 593 g/mol. The SMILES string of the molecule is CC(C)CC(NC(=O)CNC(=O)C(C)NC(=O)C(NC(=O)C(Cc1cnc[nH]1)NC(=O)C1CCCN1)C(C)C)C(=O)O. The molecule has 0 radical (unpaired) electrons. The molecule has 1 fully saturated rings. The quantitative estimate of drug-likeness (QED) is 0.112. The lowest BCUT2D eigenvalue weighted by atomic mass is 10.0. The molecular weight excluding hydrogens is 548 g/mol. The molecule has 0 bridgehead atoms. The maximum atomic E-state index is 13.3. The van der Waals surface area contributed by atoms with Crippen LogP contribution in [0.5, 0.6) is 0 Å². The summed E-state index contributed by atoms with van der Waals surface area (Å²) in [5, 5.41) is 25.1. The van der Waals surface area contributed by atoms with Crippen LogP contribution in [0.1, 0.15) is 59.6 Å². The summed E-state index contributed by atoms with van der Waals surface area (Å²) in [6.07, 6.45) is 4.86. The van der Waals surface area contributed by atoms with Crippen molar-refractivity contribution < 1.29 is 33.9 Å². The van der Waals surface area contributed by atoms with Crippen LogP contribution < -0.4 is 31.9 Å². The molecule has 234 valence electrons. The Morgan fingerprint density at radius 3 is 2.21 bits per heavy atom. The molecule has 1 saturated heterocycles. The van der Waals surface area contributed by atoms with Gasteiger partial charge in [-0.3, -0.25) is 24.0 Å². The topological polar surface area (TPSA) is 224 Å². The molecule has 8 N–H and O–H groups in total. The Hall–Kier alpha value is -4.01. The van der Waals surface area contributed by atoms with E-state index in [2.05, 4.69) is 41.9 Å². The second kappa shape index (κ2) is 16.4. The highest BCUT2D eigenvalue weighted by molar-refractivity contribution is 5.95. The van der Waals surface area contributed by atoms with E-state index < -0.39 is 66.4 Å². The lowest BCUT2D eigenvalue weighted by Gasteiger charge is -2.27. The first-order chi connectivity index (χ1) is 19.8. The van der Waals surface area contributed by atoms with E-state index in [1.54, 1.807) is 20.0 Å². The standard InChI is InChI=1S/C27H44N8O7/c1-14(2)9-20(27(41)42)33-21(36)12-30-23(37)16(5)32-26(40)22(15(3)4)35-25(39)19(10-17-11-28-13-31-17)34-24(38)18-7-6-8-29-18/h11,13-16,18-20,22,29H,6-10,12H2,1-5H3,(H,28,31)(H,30,37)(H,32,40)(H,33,36)(H,34,38)(H,35,39)(H,41,42). The summed E-state index contributed by atoms with van der Waals surface area (Å²) in [5.41, 5.74) is 0.619. The predicted octanol–water partition coefficient (Wildman–Crippen LogP) is -1.43. The van der Waals surface area contributed by atoms with Gasteiger partial charge in [-0.25, -0.2) is 9.78 Å². The molecule has 0 saturated carbocycles. The van der Waals surface area contributed by atoms with E-state index in [0.29, 0.717) is 18.7 Å². The maximum Gasteiger partial charge on any atom is 0.326 e. The summed E-state index contributed by atoms with van der Waals surface area (Å²) in [4.78, 5) is 82.1. The van der Waals surface area contributed by atoms with E-state index in [1.807, 2.05) is 13.8 Å². The molecular formula is C27H44N8O7. The van der Waals surface area contributed by atoms with Gasteiger partial charge in [0.15, 0.2) is 0 Å². The van der Waals surface area contributed by atoms with Crippen molar-refractivity contribution in [1.29, 1.82) is 0 Å². The highest BCUT2D eigenvalue weighted by Crippen LogP contribution is 2.09. The number of aromatic nitrogens is 2. The number of rotatable bonds is 16. The minimum absolute atomic E-state index is 0.0342. The monoisotopic (exact) mass is 592 g/mol. The molecule has 42 heavy (non-hydrogen) atoms. The zero-order valence-electron chi connectivity index (χ0n) is 24.8. The van der Waals surface area contributed by atoms with Gasteiger partial charge < -0.3 is 42.0 Å². The van der Waals surface area contributed by atoms with Crippen molar-refractivity contribution in [1.82, 2.24) is 41.9 Å². The number of aliphatic carboxylic acids is 1. The number of imidazole rings is 1. The second-order valence-corrected chi connectivity index (χ2v) is 11.3. The van der Waals surface area contributed by atoms with Crippen molar-refractivity contribution in [2.24, 2.45) is 11.8 Å². The van der Waals surface area contributed by atoms with E-state index in [1.165, 1.54) is 13.3 Å². The molecule has 15 nitrogen and oxygen atoms in total. The van der Waals surface area contributed by atoms with Crippen molar-refractivity contribution in [3.8, 4) is 0 Å². The third-order valence-corrected chi connectivity index (χ3v) is 6.75. The van der Waals surface area contributed by atoms with Gasteiger partial charge in [-0.05, 0) is 44.6 Å². The van der Waals surface area contributed by atoms with Crippen LogP contribution in [0.3, 0.4) is 0 Å². The van der Waals surface area contributed by atoms with E-state index in [-0.39, 0.29) is 30.6 Å². The van der Waals surface area contributed by atoms with Crippen LogP contribution in [0.15, 0.2) is 12.5 Å². The Balaban J connectivity index is 1.97. The average Bonchev–Trinajstić information content (AvgIpc) is 3.63. The van der Waals surface area contributed by atoms with E-state index >= 15 is 0 Å². The van der Waals surface area contributed by atoms with Gasteiger partial charge in [0.05, 0.1) is 18.9 Å².